The minimum atomic E-state index is -1.19. The first-order chi connectivity index (χ1) is 15.6. The molecule has 0 spiro atoms. The van der Waals surface area contributed by atoms with Crippen molar-refractivity contribution in [2.45, 2.75) is 18.9 Å². The van der Waals surface area contributed by atoms with Crippen molar-refractivity contribution in [3.63, 3.8) is 0 Å². The number of ketones is 2. The second kappa shape index (κ2) is 7.14. The summed E-state index contributed by atoms with van der Waals surface area (Å²) in [5, 5.41) is 33.3. The van der Waals surface area contributed by atoms with E-state index in [1.807, 2.05) is 0 Å². The van der Waals surface area contributed by atoms with Gasteiger partial charge in [-0.2, -0.15) is 0 Å². The Labute approximate surface area is 188 Å². The first kappa shape index (κ1) is 21.1. The van der Waals surface area contributed by atoms with Gasteiger partial charge in [-0.3, -0.25) is 24.3 Å². The Hall–Kier alpha value is -3.72. The number of likely N-dealkylation sites (N-methyl/N-ethyl adjacent to an activating group) is 1. The number of amides is 1. The Morgan fingerprint density at radius 2 is 1.91 bits per heavy atom. The van der Waals surface area contributed by atoms with E-state index in [-0.39, 0.29) is 16.9 Å². The number of carbonyl (C=O) groups is 3. The molecule has 0 saturated heterocycles. The van der Waals surface area contributed by atoms with Crippen LogP contribution in [0.25, 0.3) is 10.9 Å². The largest absolute Gasteiger partial charge is 0.511 e. The van der Waals surface area contributed by atoms with Crippen molar-refractivity contribution < 1.29 is 29.7 Å². The van der Waals surface area contributed by atoms with E-state index in [0.29, 0.717) is 29.3 Å². The lowest BCUT2D eigenvalue weighted by molar-refractivity contribution is -0.127. The number of primary amides is 1. The van der Waals surface area contributed by atoms with Gasteiger partial charge in [0.25, 0.3) is 5.91 Å². The number of nitrogens with zero attached hydrogens (tertiary/aromatic N) is 2. The number of Topliss-reactive ketones (excluding diaryl/α,β-unsaturated/α-hetero) is 2. The number of phenols is 1. The molecule has 0 radical (unpaired) electrons. The maximum atomic E-state index is 13.5. The van der Waals surface area contributed by atoms with Crippen LogP contribution < -0.4 is 5.73 Å². The van der Waals surface area contributed by atoms with E-state index in [0.717, 1.165) is 0 Å². The van der Waals surface area contributed by atoms with E-state index in [2.05, 4.69) is 4.98 Å². The van der Waals surface area contributed by atoms with Crippen molar-refractivity contribution in [2.75, 3.05) is 14.1 Å². The number of pyridine rings is 1. The maximum Gasteiger partial charge on any atom is 0.255 e. The quantitative estimate of drug-likeness (QED) is 0.504. The van der Waals surface area contributed by atoms with E-state index < -0.39 is 58.4 Å². The van der Waals surface area contributed by atoms with Crippen LogP contribution in [0.1, 0.15) is 22.3 Å². The van der Waals surface area contributed by atoms with Crippen molar-refractivity contribution in [3.8, 4) is 5.75 Å². The molecule has 5 rings (SSSR count). The molecule has 5 N–H and O–H groups in total. The smallest absolute Gasteiger partial charge is 0.255 e. The van der Waals surface area contributed by atoms with Gasteiger partial charge in [0.15, 0.2) is 11.6 Å². The highest BCUT2D eigenvalue weighted by Crippen LogP contribution is 2.50. The third-order valence-electron chi connectivity index (χ3n) is 7.13. The summed E-state index contributed by atoms with van der Waals surface area (Å²) in [6.45, 7) is 0. The summed E-state index contributed by atoms with van der Waals surface area (Å²) in [7, 11) is 3.39. The molecule has 3 aliphatic rings. The summed E-state index contributed by atoms with van der Waals surface area (Å²) in [5.41, 5.74) is 6.14. The Kier molecular flexibility index (Phi) is 4.58. The number of hydrogen-bond acceptors (Lipinski definition) is 8. The molecule has 0 saturated carbocycles. The molecule has 3 aliphatic carbocycles. The number of rotatable bonds is 2. The van der Waals surface area contributed by atoms with E-state index in [9.17, 15) is 29.7 Å². The number of aromatic hydroxyl groups is 1. The number of aliphatic hydroxyl groups excluding tert-OH is 2. The van der Waals surface area contributed by atoms with E-state index in [4.69, 9.17) is 5.73 Å². The molecule has 33 heavy (non-hydrogen) atoms. The fourth-order valence-corrected chi connectivity index (χ4v) is 5.90. The molecular formula is C24H23N3O6. The fourth-order valence-electron chi connectivity index (χ4n) is 5.90. The van der Waals surface area contributed by atoms with Crippen LogP contribution in [0.4, 0.5) is 0 Å². The number of hydrogen-bond donors (Lipinski definition) is 4. The van der Waals surface area contributed by atoms with Gasteiger partial charge in [0.2, 0.25) is 0 Å². The fraction of sp³-hybridized carbons (Fsp3) is 0.333. The van der Waals surface area contributed by atoms with Gasteiger partial charge < -0.3 is 21.1 Å². The molecule has 0 bridgehead atoms. The average molecular weight is 449 g/mol. The lowest BCUT2D eigenvalue weighted by Gasteiger charge is -2.46. The normalized spacial score (nSPS) is 27.0. The molecule has 9 heteroatoms. The molecular weight excluding hydrogens is 426 g/mol. The van der Waals surface area contributed by atoms with Crippen LogP contribution in [-0.2, 0) is 16.0 Å². The number of allylic oxidation sites excluding steroid dienone is 2. The van der Waals surface area contributed by atoms with E-state index >= 15 is 0 Å². The number of phenolic OH excluding ortho intramolecular Hbond substituents is 1. The zero-order valence-electron chi connectivity index (χ0n) is 18.1. The van der Waals surface area contributed by atoms with Crippen molar-refractivity contribution in [3.05, 3.63) is 58.2 Å². The summed E-state index contributed by atoms with van der Waals surface area (Å²) in [6.07, 6.45) is 2.25. The SMILES string of the molecule is CN(C)[C@@H]1C(O)=C(C(N)=O)C(=O)C2C(O)=C3C(=O)c4c(O)cc5cccnc5c4CC3C[C@H]21. The highest BCUT2D eigenvalue weighted by atomic mass is 16.3. The molecule has 9 nitrogen and oxygen atoms in total. The topological polar surface area (TPSA) is 154 Å². The van der Waals surface area contributed by atoms with Crippen molar-refractivity contribution in [1.29, 1.82) is 0 Å². The Morgan fingerprint density at radius 3 is 2.58 bits per heavy atom. The molecule has 2 unspecified atom stereocenters. The van der Waals surface area contributed by atoms with Gasteiger partial charge >= 0.3 is 0 Å². The molecule has 170 valence electrons. The highest BCUT2D eigenvalue weighted by Gasteiger charge is 2.54. The summed E-state index contributed by atoms with van der Waals surface area (Å²) in [5.74, 6) is -5.70. The number of aromatic nitrogens is 1. The van der Waals surface area contributed by atoms with Crippen molar-refractivity contribution in [1.82, 2.24) is 9.88 Å². The first-order valence-corrected chi connectivity index (χ1v) is 10.6. The monoisotopic (exact) mass is 449 g/mol. The minimum Gasteiger partial charge on any atom is -0.511 e. The van der Waals surface area contributed by atoms with Gasteiger partial charge in [0.1, 0.15) is 22.8 Å². The lowest BCUT2D eigenvalue weighted by Crippen LogP contribution is -2.53. The summed E-state index contributed by atoms with van der Waals surface area (Å²) in [4.78, 5) is 44.7. The molecule has 1 aromatic carbocycles. The van der Waals surface area contributed by atoms with Crippen LogP contribution in [0.3, 0.4) is 0 Å². The molecule has 0 aliphatic heterocycles. The third-order valence-corrected chi connectivity index (χ3v) is 7.13. The third kappa shape index (κ3) is 2.82. The van der Waals surface area contributed by atoms with Crippen molar-refractivity contribution in [2.24, 2.45) is 23.5 Å². The van der Waals surface area contributed by atoms with Gasteiger partial charge in [-0.1, -0.05) is 6.07 Å². The van der Waals surface area contributed by atoms with Crippen LogP contribution in [0, 0.1) is 17.8 Å². The zero-order chi connectivity index (χ0) is 23.8. The van der Waals surface area contributed by atoms with Crippen LogP contribution >= 0.6 is 0 Å². The Balaban J connectivity index is 1.72. The van der Waals surface area contributed by atoms with Gasteiger partial charge in [-0.15, -0.1) is 0 Å². The van der Waals surface area contributed by atoms with E-state index in [1.54, 1.807) is 37.3 Å². The Morgan fingerprint density at radius 1 is 1.18 bits per heavy atom. The lowest BCUT2D eigenvalue weighted by atomic mass is 9.61. The number of benzene rings is 1. The number of fused-ring (bicyclic) bond motifs is 5. The molecule has 0 fully saturated rings. The number of aliphatic hydroxyl groups is 2. The number of carbonyl (C=O) groups excluding carboxylic acids is 3. The zero-order valence-corrected chi connectivity index (χ0v) is 18.1. The average Bonchev–Trinajstić information content (AvgIpc) is 2.72. The first-order valence-electron chi connectivity index (χ1n) is 10.6. The van der Waals surface area contributed by atoms with Gasteiger partial charge in [0, 0.05) is 17.2 Å². The second-order valence-corrected chi connectivity index (χ2v) is 9.13. The summed E-state index contributed by atoms with van der Waals surface area (Å²) < 4.78 is 0. The predicted octanol–water partition coefficient (Wildman–Crippen LogP) is 1.55. The molecule has 1 aromatic heterocycles. The van der Waals surface area contributed by atoms with Crippen molar-refractivity contribution >= 4 is 28.4 Å². The predicted molar refractivity (Wildman–Crippen MR) is 118 cm³/mol. The van der Waals surface area contributed by atoms with Crippen LogP contribution in [0.15, 0.2) is 47.1 Å². The summed E-state index contributed by atoms with van der Waals surface area (Å²) >= 11 is 0. The molecule has 1 amide bonds. The minimum absolute atomic E-state index is 0.0606. The molecule has 2 aromatic rings. The molecule has 1 heterocycles. The van der Waals surface area contributed by atoms with Crippen LogP contribution in [0.2, 0.25) is 0 Å². The summed E-state index contributed by atoms with van der Waals surface area (Å²) in [6, 6.07) is 4.25. The standard InChI is InChI=1S/C24H23N3O6/c1-27(2)19-12-7-10-6-11-15(13(28)8-9-4-3-5-26-18(9)11)20(29)14(10)21(30)16(12)22(31)17(23(19)32)24(25)33/h3-5,8,10,12,16,19,28,30,32H,6-7H2,1-2H3,(H2,25,33)/t10?,12-,16?,19+/m1/s1. The second-order valence-electron chi connectivity index (χ2n) is 9.13. The maximum absolute atomic E-state index is 13.5. The van der Waals surface area contributed by atoms with Gasteiger partial charge in [0.05, 0.1) is 23.0 Å². The van der Waals surface area contributed by atoms with Crippen LogP contribution in [-0.4, -0.2) is 62.8 Å². The highest BCUT2D eigenvalue weighted by molar-refractivity contribution is 6.22. The van der Waals surface area contributed by atoms with Gasteiger partial charge in [-0.25, -0.2) is 0 Å². The van der Waals surface area contributed by atoms with E-state index in [1.165, 1.54) is 6.07 Å². The number of nitrogens with two attached hydrogens (primary N) is 1. The van der Waals surface area contributed by atoms with Crippen LogP contribution in [0.5, 0.6) is 5.75 Å². The molecule has 4 atom stereocenters. The Bertz CT molecular complexity index is 1320. The van der Waals surface area contributed by atoms with Gasteiger partial charge in [-0.05, 0) is 56.5 Å².